The van der Waals surface area contributed by atoms with Crippen LogP contribution in [0.3, 0.4) is 0 Å². The number of fused-ring (bicyclic) bond motifs is 1. The lowest BCUT2D eigenvalue weighted by molar-refractivity contribution is -0.131. The second-order valence-corrected chi connectivity index (χ2v) is 3.81. The van der Waals surface area contributed by atoms with E-state index in [1.165, 1.54) is 13.2 Å². The molecule has 96 valence electrons. The van der Waals surface area contributed by atoms with Crippen molar-refractivity contribution in [2.24, 2.45) is 0 Å². The van der Waals surface area contributed by atoms with Crippen LogP contribution in [0.25, 0.3) is 0 Å². The third kappa shape index (κ3) is 1.95. The maximum atomic E-state index is 11.5. The minimum atomic E-state index is -1.60. The summed E-state index contributed by atoms with van der Waals surface area (Å²) in [6.07, 6.45) is 0. The summed E-state index contributed by atoms with van der Waals surface area (Å²) in [6.45, 7) is 0.623. The van der Waals surface area contributed by atoms with Crippen LogP contribution in [0.4, 0.5) is 0 Å². The molecule has 1 aromatic rings. The van der Waals surface area contributed by atoms with E-state index < -0.39 is 11.8 Å². The first-order chi connectivity index (χ1) is 8.56. The number of benzene rings is 1. The van der Waals surface area contributed by atoms with Crippen molar-refractivity contribution in [3.63, 3.8) is 0 Å². The number of methoxy groups -OCH3 is 1. The van der Waals surface area contributed by atoms with Crippen molar-refractivity contribution in [2.75, 3.05) is 20.3 Å². The fourth-order valence-electron chi connectivity index (χ4n) is 1.61. The Bertz CT molecular complexity index is 525. The van der Waals surface area contributed by atoms with Crippen LogP contribution in [-0.4, -0.2) is 37.2 Å². The number of Topliss-reactive ketones (excluding diaryl/α,β-unsaturated/α-hetero) is 1. The van der Waals surface area contributed by atoms with Crippen molar-refractivity contribution in [1.29, 1.82) is 0 Å². The molecule has 1 aliphatic heterocycles. The first kappa shape index (κ1) is 12.5. The number of ketones is 1. The summed E-state index contributed by atoms with van der Waals surface area (Å²) in [6, 6.07) is 1.26. The van der Waals surface area contributed by atoms with E-state index in [1.807, 2.05) is 0 Å². The van der Waals surface area contributed by atoms with Crippen LogP contribution < -0.4 is 14.2 Å². The molecule has 0 radical (unpaired) electrons. The molecule has 0 saturated carbocycles. The highest BCUT2D eigenvalue weighted by atomic mass is 35.5. The van der Waals surface area contributed by atoms with Gasteiger partial charge in [-0.1, -0.05) is 11.6 Å². The molecular formula is C11H9ClO6. The molecule has 1 aliphatic rings. The van der Waals surface area contributed by atoms with Crippen LogP contribution in [0.15, 0.2) is 6.07 Å². The second-order valence-electron chi connectivity index (χ2n) is 3.43. The summed E-state index contributed by atoms with van der Waals surface area (Å²) in [4.78, 5) is 22.3. The normalized spacial score (nSPS) is 13.0. The molecule has 0 fully saturated rings. The quantitative estimate of drug-likeness (QED) is 0.661. The van der Waals surface area contributed by atoms with Crippen molar-refractivity contribution >= 4 is 23.4 Å². The maximum absolute atomic E-state index is 11.5. The highest BCUT2D eigenvalue weighted by molar-refractivity contribution is 6.42. The number of carbonyl (C=O) groups is 2. The summed E-state index contributed by atoms with van der Waals surface area (Å²) in [7, 11) is 1.29. The lowest BCUT2D eigenvalue weighted by atomic mass is 10.1. The second kappa shape index (κ2) is 4.73. The van der Waals surface area contributed by atoms with Crippen molar-refractivity contribution in [3.05, 3.63) is 16.7 Å². The molecule has 0 atom stereocenters. The van der Waals surface area contributed by atoms with Gasteiger partial charge in [0.15, 0.2) is 17.2 Å². The number of hydrogen-bond acceptors (Lipinski definition) is 5. The van der Waals surface area contributed by atoms with E-state index in [-0.39, 0.29) is 27.8 Å². The fraction of sp³-hybridized carbons (Fsp3) is 0.273. The van der Waals surface area contributed by atoms with Crippen LogP contribution in [0.1, 0.15) is 10.4 Å². The van der Waals surface area contributed by atoms with Crippen molar-refractivity contribution in [1.82, 2.24) is 0 Å². The summed E-state index contributed by atoms with van der Waals surface area (Å²) < 4.78 is 15.5. The van der Waals surface area contributed by atoms with Gasteiger partial charge in [-0.25, -0.2) is 4.79 Å². The number of aliphatic carboxylic acids is 1. The van der Waals surface area contributed by atoms with E-state index in [0.717, 1.165) is 0 Å². The molecule has 1 heterocycles. The van der Waals surface area contributed by atoms with Crippen LogP contribution in [0.5, 0.6) is 17.2 Å². The maximum Gasteiger partial charge on any atom is 0.377 e. The molecule has 1 aromatic carbocycles. The van der Waals surface area contributed by atoms with Gasteiger partial charge < -0.3 is 19.3 Å². The van der Waals surface area contributed by atoms with Crippen molar-refractivity contribution < 1.29 is 28.9 Å². The number of hydrogen-bond donors (Lipinski definition) is 1. The van der Waals surface area contributed by atoms with Gasteiger partial charge in [0.2, 0.25) is 0 Å². The van der Waals surface area contributed by atoms with Crippen LogP contribution in [-0.2, 0) is 4.79 Å². The molecule has 1 N–H and O–H groups in total. The first-order valence-electron chi connectivity index (χ1n) is 5.00. The number of carboxylic acid groups (broad SMARTS) is 1. The summed E-state index contributed by atoms with van der Waals surface area (Å²) in [5, 5.41) is 8.76. The average Bonchev–Trinajstić information content (AvgIpc) is 2.37. The van der Waals surface area contributed by atoms with Gasteiger partial charge in [-0.2, -0.15) is 0 Å². The SMILES string of the molecule is COc1c(C(=O)C(=O)O)cc2c(c1Cl)OCCO2. The Kier molecular flexibility index (Phi) is 3.29. The van der Waals surface area contributed by atoms with Gasteiger partial charge in [0, 0.05) is 0 Å². The molecule has 18 heavy (non-hydrogen) atoms. The Morgan fingerprint density at radius 2 is 2.06 bits per heavy atom. The van der Waals surface area contributed by atoms with Gasteiger partial charge in [-0.05, 0) is 6.07 Å². The molecule has 0 amide bonds. The zero-order chi connectivity index (χ0) is 13.3. The van der Waals surface area contributed by atoms with Crippen molar-refractivity contribution in [2.45, 2.75) is 0 Å². The van der Waals surface area contributed by atoms with E-state index in [2.05, 4.69) is 0 Å². The first-order valence-corrected chi connectivity index (χ1v) is 5.37. The van der Waals surface area contributed by atoms with Gasteiger partial charge in [0.1, 0.15) is 18.2 Å². The molecule has 0 bridgehead atoms. The number of rotatable bonds is 3. The summed E-state index contributed by atoms with van der Waals surface area (Å²) >= 11 is 6.01. The molecule has 2 rings (SSSR count). The average molecular weight is 273 g/mol. The minimum absolute atomic E-state index is 0.0271. The molecule has 6 nitrogen and oxygen atoms in total. The molecule has 0 unspecified atom stereocenters. The van der Waals surface area contributed by atoms with Crippen LogP contribution in [0, 0.1) is 0 Å². The summed E-state index contributed by atoms with van der Waals surface area (Å²) in [5.74, 6) is -2.27. The Labute approximate surface area is 107 Å². The van der Waals surface area contributed by atoms with Crippen molar-refractivity contribution in [3.8, 4) is 17.2 Å². The Morgan fingerprint density at radius 1 is 1.39 bits per heavy atom. The van der Waals surface area contributed by atoms with Gasteiger partial charge in [0.25, 0.3) is 5.78 Å². The van der Waals surface area contributed by atoms with E-state index >= 15 is 0 Å². The highest BCUT2D eigenvalue weighted by Gasteiger charge is 2.28. The third-order valence-electron chi connectivity index (χ3n) is 2.37. The highest BCUT2D eigenvalue weighted by Crippen LogP contribution is 2.45. The number of carboxylic acids is 1. The van der Waals surface area contributed by atoms with Gasteiger partial charge in [-0.15, -0.1) is 0 Å². The van der Waals surface area contributed by atoms with E-state index in [0.29, 0.717) is 13.2 Å². The largest absolute Gasteiger partial charge is 0.494 e. The lowest BCUT2D eigenvalue weighted by Crippen LogP contribution is -2.19. The number of halogens is 1. The molecule has 0 aliphatic carbocycles. The van der Waals surface area contributed by atoms with E-state index in [4.69, 9.17) is 30.9 Å². The molecule has 7 heteroatoms. The zero-order valence-electron chi connectivity index (χ0n) is 9.36. The number of ether oxygens (including phenoxy) is 3. The number of carbonyl (C=O) groups excluding carboxylic acids is 1. The summed E-state index contributed by atoms with van der Waals surface area (Å²) in [5.41, 5.74) is -0.167. The van der Waals surface area contributed by atoms with Gasteiger partial charge >= 0.3 is 5.97 Å². The Balaban J connectivity index is 2.62. The van der Waals surface area contributed by atoms with E-state index in [1.54, 1.807) is 0 Å². The smallest absolute Gasteiger partial charge is 0.377 e. The van der Waals surface area contributed by atoms with Gasteiger partial charge in [0.05, 0.1) is 12.7 Å². The van der Waals surface area contributed by atoms with Gasteiger partial charge in [-0.3, -0.25) is 4.79 Å². The lowest BCUT2D eigenvalue weighted by Gasteiger charge is -2.21. The zero-order valence-corrected chi connectivity index (χ0v) is 10.1. The molecule has 0 saturated heterocycles. The molecule has 0 spiro atoms. The predicted molar refractivity (Wildman–Crippen MR) is 61.0 cm³/mol. The topological polar surface area (TPSA) is 82.1 Å². The fourth-order valence-corrected chi connectivity index (χ4v) is 1.94. The molecule has 0 aromatic heterocycles. The monoisotopic (exact) mass is 272 g/mol. The predicted octanol–water partition coefficient (Wildman–Crippen LogP) is 1.39. The van der Waals surface area contributed by atoms with Crippen LogP contribution >= 0.6 is 11.6 Å². The minimum Gasteiger partial charge on any atom is -0.494 e. The van der Waals surface area contributed by atoms with Crippen LogP contribution in [0.2, 0.25) is 5.02 Å². The standard InChI is InChI=1S/C11H9ClO6/c1-16-9-5(8(13)11(14)15)4-6-10(7(9)12)18-3-2-17-6/h4H,2-3H2,1H3,(H,14,15). The Hall–Kier alpha value is -1.95. The molecular weight excluding hydrogens is 264 g/mol. The van der Waals surface area contributed by atoms with E-state index in [9.17, 15) is 9.59 Å². The Morgan fingerprint density at radius 3 is 2.67 bits per heavy atom. The third-order valence-corrected chi connectivity index (χ3v) is 2.72.